The Bertz CT molecular complexity index is 326. The maximum atomic E-state index is 11.7. The van der Waals surface area contributed by atoms with Crippen LogP contribution >= 0.6 is 15.9 Å². The van der Waals surface area contributed by atoms with E-state index in [1.54, 1.807) is 6.07 Å². The normalized spacial score (nSPS) is 21.4. The Morgan fingerprint density at radius 2 is 2.43 bits per heavy atom. The molecule has 0 bridgehead atoms. The Morgan fingerprint density at radius 3 is 3.00 bits per heavy atom. The van der Waals surface area contributed by atoms with Crippen molar-refractivity contribution in [1.29, 1.82) is 0 Å². The molecule has 1 unspecified atom stereocenters. The van der Waals surface area contributed by atoms with Crippen molar-refractivity contribution in [3.05, 3.63) is 22.6 Å². The lowest BCUT2D eigenvalue weighted by molar-refractivity contribution is -0.122. The molecular formula is C10H11BrO3. The lowest BCUT2D eigenvalue weighted by atomic mass is 10.0. The first kappa shape index (κ1) is 9.93. The molecule has 2 heterocycles. The van der Waals surface area contributed by atoms with Crippen LogP contribution in [-0.2, 0) is 16.0 Å². The average molecular weight is 259 g/mol. The number of hydrogen-bond acceptors (Lipinski definition) is 3. The summed E-state index contributed by atoms with van der Waals surface area (Å²) >= 11 is 3.20. The van der Waals surface area contributed by atoms with E-state index in [2.05, 4.69) is 15.9 Å². The monoisotopic (exact) mass is 258 g/mol. The molecule has 2 rings (SSSR count). The fourth-order valence-electron chi connectivity index (χ4n) is 1.55. The molecule has 0 aromatic carbocycles. The summed E-state index contributed by atoms with van der Waals surface area (Å²) in [5, 5.41) is 0. The van der Waals surface area contributed by atoms with E-state index in [1.807, 2.05) is 6.07 Å². The van der Waals surface area contributed by atoms with Gasteiger partial charge in [0.05, 0.1) is 13.0 Å². The first-order valence-electron chi connectivity index (χ1n) is 4.60. The number of halogens is 1. The standard InChI is InChI=1S/C10H11BrO3/c11-10-2-1-8(14-10)5-9(12)7-3-4-13-6-7/h1-2,7H,3-6H2. The number of furan rings is 1. The molecule has 0 aliphatic carbocycles. The van der Waals surface area contributed by atoms with E-state index in [9.17, 15) is 4.79 Å². The molecule has 4 heteroatoms. The van der Waals surface area contributed by atoms with Gasteiger partial charge in [0.1, 0.15) is 11.5 Å². The molecular weight excluding hydrogens is 248 g/mol. The number of rotatable bonds is 3. The van der Waals surface area contributed by atoms with Crippen LogP contribution in [0.3, 0.4) is 0 Å². The van der Waals surface area contributed by atoms with Crippen LogP contribution in [0.15, 0.2) is 21.2 Å². The predicted octanol–water partition coefficient (Wildman–Crippen LogP) is 2.19. The first-order valence-corrected chi connectivity index (χ1v) is 5.39. The van der Waals surface area contributed by atoms with Crippen molar-refractivity contribution in [2.24, 2.45) is 5.92 Å². The number of carbonyl (C=O) groups is 1. The molecule has 0 amide bonds. The van der Waals surface area contributed by atoms with Crippen LogP contribution in [0.1, 0.15) is 12.2 Å². The quantitative estimate of drug-likeness (QED) is 0.835. The molecule has 0 radical (unpaired) electrons. The number of hydrogen-bond donors (Lipinski definition) is 0. The van der Waals surface area contributed by atoms with Crippen LogP contribution < -0.4 is 0 Å². The van der Waals surface area contributed by atoms with Crippen molar-refractivity contribution in [3.8, 4) is 0 Å². The second kappa shape index (κ2) is 4.28. The third-order valence-electron chi connectivity index (χ3n) is 2.36. The van der Waals surface area contributed by atoms with Crippen LogP contribution in [0.5, 0.6) is 0 Å². The minimum atomic E-state index is 0.0684. The third-order valence-corrected chi connectivity index (χ3v) is 2.79. The highest BCUT2D eigenvalue weighted by Gasteiger charge is 2.24. The van der Waals surface area contributed by atoms with Gasteiger partial charge < -0.3 is 9.15 Å². The fraction of sp³-hybridized carbons (Fsp3) is 0.500. The summed E-state index contributed by atoms with van der Waals surface area (Å²) in [6, 6.07) is 3.62. The highest BCUT2D eigenvalue weighted by molar-refractivity contribution is 9.10. The van der Waals surface area contributed by atoms with Crippen LogP contribution in [0, 0.1) is 5.92 Å². The molecule has 14 heavy (non-hydrogen) atoms. The summed E-state index contributed by atoms with van der Waals surface area (Å²) in [7, 11) is 0. The van der Waals surface area contributed by atoms with Crippen LogP contribution in [0.25, 0.3) is 0 Å². The van der Waals surface area contributed by atoms with Crippen LogP contribution in [0.4, 0.5) is 0 Å². The van der Waals surface area contributed by atoms with Gasteiger partial charge in [-0.2, -0.15) is 0 Å². The predicted molar refractivity (Wildman–Crippen MR) is 54.0 cm³/mol. The van der Waals surface area contributed by atoms with E-state index in [0.29, 0.717) is 30.1 Å². The highest BCUT2D eigenvalue weighted by atomic mass is 79.9. The minimum Gasteiger partial charge on any atom is -0.454 e. The molecule has 1 aromatic rings. The summed E-state index contributed by atoms with van der Waals surface area (Å²) < 4.78 is 11.1. The topological polar surface area (TPSA) is 39.4 Å². The average Bonchev–Trinajstić information content (AvgIpc) is 2.75. The molecule has 0 spiro atoms. The number of Topliss-reactive ketones (excluding diaryl/α,β-unsaturated/α-hetero) is 1. The van der Waals surface area contributed by atoms with Gasteiger partial charge in [-0.05, 0) is 34.5 Å². The van der Waals surface area contributed by atoms with Crippen LogP contribution in [-0.4, -0.2) is 19.0 Å². The molecule has 76 valence electrons. The number of ether oxygens (including phenoxy) is 1. The molecule has 1 aromatic heterocycles. The maximum Gasteiger partial charge on any atom is 0.169 e. The van der Waals surface area contributed by atoms with Crippen molar-refractivity contribution in [3.63, 3.8) is 0 Å². The Labute approximate surface area is 90.6 Å². The van der Waals surface area contributed by atoms with Crippen molar-refractivity contribution >= 4 is 21.7 Å². The third kappa shape index (κ3) is 2.25. The summed E-state index contributed by atoms with van der Waals surface area (Å²) in [6.45, 7) is 1.28. The summed E-state index contributed by atoms with van der Waals surface area (Å²) in [5.41, 5.74) is 0. The minimum absolute atomic E-state index is 0.0684. The molecule has 0 saturated carbocycles. The van der Waals surface area contributed by atoms with Crippen molar-refractivity contribution in [2.45, 2.75) is 12.8 Å². The zero-order chi connectivity index (χ0) is 9.97. The molecule has 1 fully saturated rings. The Balaban J connectivity index is 1.93. The number of carbonyl (C=O) groups excluding carboxylic acids is 1. The van der Waals surface area contributed by atoms with E-state index in [0.717, 1.165) is 6.42 Å². The lowest BCUT2D eigenvalue weighted by Gasteiger charge is -2.03. The highest BCUT2D eigenvalue weighted by Crippen LogP contribution is 2.19. The van der Waals surface area contributed by atoms with Crippen LogP contribution in [0.2, 0.25) is 0 Å². The Morgan fingerprint density at radius 1 is 1.57 bits per heavy atom. The smallest absolute Gasteiger partial charge is 0.169 e. The van der Waals surface area contributed by atoms with Gasteiger partial charge in [0, 0.05) is 12.5 Å². The molecule has 0 N–H and O–H groups in total. The van der Waals surface area contributed by atoms with E-state index in [-0.39, 0.29) is 11.7 Å². The second-order valence-electron chi connectivity index (χ2n) is 3.41. The second-order valence-corrected chi connectivity index (χ2v) is 4.19. The van der Waals surface area contributed by atoms with Gasteiger partial charge in [0.2, 0.25) is 0 Å². The molecule has 3 nitrogen and oxygen atoms in total. The van der Waals surface area contributed by atoms with Gasteiger partial charge >= 0.3 is 0 Å². The van der Waals surface area contributed by atoms with E-state index in [4.69, 9.17) is 9.15 Å². The maximum absolute atomic E-state index is 11.7. The van der Waals surface area contributed by atoms with E-state index in [1.165, 1.54) is 0 Å². The van der Waals surface area contributed by atoms with Gasteiger partial charge in [-0.15, -0.1) is 0 Å². The number of ketones is 1. The van der Waals surface area contributed by atoms with Crippen molar-refractivity contribution in [1.82, 2.24) is 0 Å². The SMILES string of the molecule is O=C(Cc1ccc(Br)o1)C1CCOC1. The van der Waals surface area contributed by atoms with E-state index >= 15 is 0 Å². The zero-order valence-corrected chi connectivity index (χ0v) is 9.25. The first-order chi connectivity index (χ1) is 6.75. The molecule has 1 atom stereocenters. The summed E-state index contributed by atoms with van der Waals surface area (Å²) in [6.07, 6.45) is 1.22. The summed E-state index contributed by atoms with van der Waals surface area (Å²) in [4.78, 5) is 11.7. The Kier molecular flexibility index (Phi) is 3.03. The van der Waals surface area contributed by atoms with Crippen molar-refractivity contribution < 1.29 is 13.9 Å². The largest absolute Gasteiger partial charge is 0.454 e. The van der Waals surface area contributed by atoms with Crippen molar-refractivity contribution in [2.75, 3.05) is 13.2 Å². The lowest BCUT2D eigenvalue weighted by Crippen LogP contribution is -2.16. The fourth-order valence-corrected chi connectivity index (χ4v) is 1.89. The summed E-state index contributed by atoms with van der Waals surface area (Å²) in [5.74, 6) is 0.997. The van der Waals surface area contributed by atoms with E-state index < -0.39 is 0 Å². The zero-order valence-electron chi connectivity index (χ0n) is 7.66. The van der Waals surface area contributed by atoms with Gasteiger partial charge in [-0.3, -0.25) is 4.79 Å². The van der Waals surface area contributed by atoms with Gasteiger partial charge in [-0.25, -0.2) is 0 Å². The molecule has 1 aliphatic rings. The molecule has 1 aliphatic heterocycles. The van der Waals surface area contributed by atoms with Gasteiger partial charge in [0.25, 0.3) is 0 Å². The Hall–Kier alpha value is -0.610. The van der Waals surface area contributed by atoms with Gasteiger partial charge in [0.15, 0.2) is 4.67 Å². The van der Waals surface area contributed by atoms with Gasteiger partial charge in [-0.1, -0.05) is 0 Å². The molecule has 1 saturated heterocycles.